The van der Waals surface area contributed by atoms with Gasteiger partial charge < -0.3 is 9.84 Å². The number of carbonyl (C=O) groups is 1. The Morgan fingerprint density at radius 1 is 1.64 bits per heavy atom. The fourth-order valence-corrected chi connectivity index (χ4v) is 0.296. The van der Waals surface area contributed by atoms with Crippen LogP contribution in [0.15, 0.2) is 0 Å². The van der Waals surface area contributed by atoms with Gasteiger partial charge in [0, 0.05) is 5.41 Å². The normalized spacial score (nSPS) is 9.73. The van der Waals surface area contributed by atoms with Crippen molar-refractivity contribution in [1.82, 2.24) is 0 Å². The number of rotatable bonds is 1. The second-order valence-electron chi connectivity index (χ2n) is 2.83. The first-order valence-electron chi connectivity index (χ1n) is 3.40. The van der Waals surface area contributed by atoms with Crippen LogP contribution in [0.25, 0.3) is 0 Å². The van der Waals surface area contributed by atoms with Gasteiger partial charge in [0.25, 0.3) is 0 Å². The van der Waals surface area contributed by atoms with Crippen molar-refractivity contribution in [2.75, 3.05) is 0 Å². The summed E-state index contributed by atoms with van der Waals surface area (Å²) in [5, 5.41) is 8.06. The average Bonchev–Trinajstić information content (AvgIpc) is 1.87. The summed E-state index contributed by atoms with van der Waals surface area (Å²) in [5.41, 5.74) is -0.171. The average molecular weight is 156 g/mol. The molecule has 0 saturated heterocycles. The maximum atomic E-state index is 9.85. The van der Waals surface area contributed by atoms with Crippen LogP contribution in [0, 0.1) is 17.4 Å². The van der Waals surface area contributed by atoms with Crippen molar-refractivity contribution in [2.45, 2.75) is 27.2 Å². The molecule has 0 fully saturated rings. The maximum absolute atomic E-state index is 9.85. The van der Waals surface area contributed by atoms with Crippen LogP contribution in [0.3, 0.4) is 0 Å². The summed E-state index contributed by atoms with van der Waals surface area (Å²) in [6, 6.07) is 0. The van der Waals surface area contributed by atoms with Crippen molar-refractivity contribution in [1.29, 1.82) is 0 Å². The first-order valence-corrected chi connectivity index (χ1v) is 3.40. The van der Waals surface area contributed by atoms with E-state index in [0.717, 1.165) is 6.42 Å². The van der Waals surface area contributed by atoms with E-state index in [4.69, 9.17) is 5.11 Å². The molecular formula is C8H12O3. The standard InChI is InChI=1S/C8H12O3/c1-4-8(2,3)5-6-11-7(9)10/h4H2,1-3H3,(H,9,10). The van der Waals surface area contributed by atoms with Gasteiger partial charge in [0.2, 0.25) is 0 Å². The summed E-state index contributed by atoms with van der Waals surface area (Å²) >= 11 is 0. The van der Waals surface area contributed by atoms with Gasteiger partial charge in [-0.1, -0.05) is 12.8 Å². The Balaban J connectivity index is 3.96. The molecule has 0 aromatic carbocycles. The van der Waals surface area contributed by atoms with E-state index >= 15 is 0 Å². The molecule has 0 aliphatic rings. The summed E-state index contributed by atoms with van der Waals surface area (Å²) in [6.45, 7) is 5.83. The highest BCUT2D eigenvalue weighted by molar-refractivity contribution is 5.58. The van der Waals surface area contributed by atoms with Crippen LogP contribution >= 0.6 is 0 Å². The lowest BCUT2D eigenvalue weighted by Crippen LogP contribution is -2.05. The SMILES string of the molecule is CCC(C)(C)C#COC(=O)O. The van der Waals surface area contributed by atoms with Crippen LogP contribution in [0.2, 0.25) is 0 Å². The van der Waals surface area contributed by atoms with Crippen molar-refractivity contribution < 1.29 is 14.6 Å². The van der Waals surface area contributed by atoms with Gasteiger partial charge in [-0.2, -0.15) is 0 Å². The fraction of sp³-hybridized carbons (Fsp3) is 0.625. The van der Waals surface area contributed by atoms with Gasteiger partial charge in [-0.3, -0.25) is 0 Å². The molecule has 11 heavy (non-hydrogen) atoms. The van der Waals surface area contributed by atoms with Crippen molar-refractivity contribution >= 4 is 6.16 Å². The Hall–Kier alpha value is -1.17. The zero-order valence-electron chi connectivity index (χ0n) is 6.97. The molecule has 0 aromatic heterocycles. The van der Waals surface area contributed by atoms with Crippen LogP contribution in [0.1, 0.15) is 27.2 Å². The van der Waals surface area contributed by atoms with E-state index in [2.05, 4.69) is 16.8 Å². The van der Waals surface area contributed by atoms with Crippen molar-refractivity contribution in [3.8, 4) is 12.0 Å². The molecule has 1 N–H and O–H groups in total. The Morgan fingerprint density at radius 2 is 2.18 bits per heavy atom. The smallest absolute Gasteiger partial charge is 0.449 e. The summed E-state index contributed by atoms with van der Waals surface area (Å²) in [6.07, 6.45) is 1.63. The van der Waals surface area contributed by atoms with E-state index < -0.39 is 6.16 Å². The highest BCUT2D eigenvalue weighted by Gasteiger charge is 2.10. The molecule has 62 valence electrons. The summed E-state index contributed by atoms with van der Waals surface area (Å²) in [7, 11) is 0. The van der Waals surface area contributed by atoms with Gasteiger partial charge in [0.15, 0.2) is 0 Å². The Bertz CT molecular complexity index is 195. The molecule has 3 nitrogen and oxygen atoms in total. The maximum Gasteiger partial charge on any atom is 0.520 e. The minimum absolute atomic E-state index is 0.171. The Morgan fingerprint density at radius 3 is 2.55 bits per heavy atom. The van der Waals surface area contributed by atoms with Crippen molar-refractivity contribution in [3.63, 3.8) is 0 Å². The number of hydrogen-bond acceptors (Lipinski definition) is 2. The molecule has 0 unspecified atom stereocenters. The lowest BCUT2D eigenvalue weighted by molar-refractivity contribution is 0.134. The van der Waals surface area contributed by atoms with Crippen molar-refractivity contribution in [2.24, 2.45) is 5.41 Å². The predicted molar refractivity (Wildman–Crippen MR) is 41.0 cm³/mol. The second kappa shape index (κ2) is 3.87. The highest BCUT2D eigenvalue weighted by atomic mass is 16.7. The van der Waals surface area contributed by atoms with Crippen LogP contribution < -0.4 is 0 Å². The monoisotopic (exact) mass is 156 g/mol. The number of ether oxygens (including phenoxy) is 1. The molecule has 0 rings (SSSR count). The minimum Gasteiger partial charge on any atom is -0.449 e. The summed E-state index contributed by atoms with van der Waals surface area (Å²) < 4.78 is 4.04. The van der Waals surface area contributed by atoms with Crippen LogP contribution in [0.4, 0.5) is 4.79 Å². The fourth-order valence-electron chi connectivity index (χ4n) is 0.296. The van der Waals surface area contributed by atoms with Gasteiger partial charge in [0.05, 0.1) is 0 Å². The van der Waals surface area contributed by atoms with Gasteiger partial charge in [-0.15, -0.1) is 0 Å². The van der Waals surface area contributed by atoms with E-state index in [9.17, 15) is 4.79 Å². The quantitative estimate of drug-likeness (QED) is 0.467. The second-order valence-corrected chi connectivity index (χ2v) is 2.83. The molecule has 0 aromatic rings. The Kier molecular flexibility index (Phi) is 3.46. The summed E-state index contributed by atoms with van der Waals surface area (Å²) in [4.78, 5) is 9.85. The van der Waals surface area contributed by atoms with Crippen molar-refractivity contribution in [3.05, 3.63) is 0 Å². The number of hydrogen-bond donors (Lipinski definition) is 1. The molecule has 0 spiro atoms. The lowest BCUT2D eigenvalue weighted by atomic mass is 9.92. The largest absolute Gasteiger partial charge is 0.520 e. The molecule has 0 atom stereocenters. The van der Waals surface area contributed by atoms with Crippen LogP contribution in [0.5, 0.6) is 0 Å². The molecule has 0 aliphatic heterocycles. The van der Waals surface area contributed by atoms with Gasteiger partial charge in [-0.25, -0.2) is 4.79 Å². The molecule has 0 radical (unpaired) electrons. The van der Waals surface area contributed by atoms with E-state index in [-0.39, 0.29) is 5.41 Å². The van der Waals surface area contributed by atoms with Gasteiger partial charge in [0.1, 0.15) is 6.11 Å². The zero-order valence-corrected chi connectivity index (χ0v) is 6.97. The third-order valence-corrected chi connectivity index (χ3v) is 1.41. The molecule has 0 aliphatic carbocycles. The molecule has 0 heterocycles. The third-order valence-electron chi connectivity index (χ3n) is 1.41. The molecular weight excluding hydrogens is 144 g/mol. The van der Waals surface area contributed by atoms with E-state index in [1.807, 2.05) is 20.8 Å². The highest BCUT2D eigenvalue weighted by Crippen LogP contribution is 2.17. The Labute approximate surface area is 66.4 Å². The topological polar surface area (TPSA) is 46.5 Å². The van der Waals surface area contributed by atoms with E-state index in [1.54, 1.807) is 0 Å². The molecule has 0 saturated carbocycles. The third kappa shape index (κ3) is 5.28. The minimum atomic E-state index is -1.36. The van der Waals surface area contributed by atoms with Crippen LogP contribution in [-0.4, -0.2) is 11.3 Å². The van der Waals surface area contributed by atoms with E-state index in [0.29, 0.717) is 0 Å². The zero-order chi connectivity index (χ0) is 8.91. The summed E-state index contributed by atoms with van der Waals surface area (Å²) in [5.74, 6) is 2.69. The molecule has 3 heteroatoms. The van der Waals surface area contributed by atoms with Gasteiger partial charge >= 0.3 is 6.16 Å². The number of carboxylic acid groups (broad SMARTS) is 1. The predicted octanol–water partition coefficient (Wildman–Crippen LogP) is 2.08. The molecule has 0 amide bonds. The van der Waals surface area contributed by atoms with Crippen LogP contribution in [-0.2, 0) is 4.74 Å². The van der Waals surface area contributed by atoms with E-state index in [1.165, 1.54) is 0 Å². The first-order chi connectivity index (χ1) is 4.98. The first kappa shape index (κ1) is 9.83. The van der Waals surface area contributed by atoms with Gasteiger partial charge in [-0.05, 0) is 20.3 Å². The molecule has 0 bridgehead atoms. The lowest BCUT2D eigenvalue weighted by Gasteiger charge is -2.11.